The van der Waals surface area contributed by atoms with Crippen molar-refractivity contribution in [3.05, 3.63) is 57.7 Å². The van der Waals surface area contributed by atoms with Crippen LogP contribution < -0.4 is 5.32 Å². The minimum absolute atomic E-state index is 0.461. The maximum absolute atomic E-state index is 11.2. The predicted molar refractivity (Wildman–Crippen MR) is 84.4 cm³/mol. The molecule has 0 aliphatic heterocycles. The van der Waals surface area contributed by atoms with Gasteiger partial charge in [-0.25, -0.2) is 4.79 Å². The van der Waals surface area contributed by atoms with E-state index >= 15 is 0 Å². The summed E-state index contributed by atoms with van der Waals surface area (Å²) in [5, 5.41) is 16.7. The fourth-order valence-electron chi connectivity index (χ4n) is 1.73. The Kier molecular flexibility index (Phi) is 6.71. The second kappa shape index (κ2) is 8.04. The van der Waals surface area contributed by atoms with Crippen LogP contribution >= 0.6 is 22.9 Å². The van der Waals surface area contributed by atoms with Gasteiger partial charge in [0.1, 0.15) is 5.54 Å². The Balaban J connectivity index is 0.000000333. The lowest BCUT2D eigenvalue weighted by Gasteiger charge is -2.27. The number of carboxylic acid groups (broad SMARTS) is 1. The Morgan fingerprint density at radius 3 is 2.30 bits per heavy atom. The van der Waals surface area contributed by atoms with E-state index in [0.29, 0.717) is 17.1 Å². The number of likely N-dealkylation sites (N-methyl/N-ethyl adjacent to an activating group) is 1. The third kappa shape index (κ3) is 4.34. The molecule has 2 rings (SSSR count). The average molecular weight is 312 g/mol. The quantitative estimate of drug-likeness (QED) is 0.897. The predicted octanol–water partition coefficient (Wildman–Crippen LogP) is 4.00. The molecule has 0 aliphatic rings. The minimum atomic E-state index is -1.13. The molecule has 2 N–H and O–H groups in total. The molecule has 0 aliphatic carbocycles. The van der Waals surface area contributed by atoms with Crippen molar-refractivity contribution < 1.29 is 9.90 Å². The molecule has 5 heteroatoms. The summed E-state index contributed by atoms with van der Waals surface area (Å²) < 4.78 is 0. The highest BCUT2D eigenvalue weighted by Gasteiger charge is 2.35. The van der Waals surface area contributed by atoms with Crippen LogP contribution in [0.2, 0.25) is 5.02 Å². The molecule has 2 aromatic rings. The smallest absolute Gasteiger partial charge is 0.328 e. The van der Waals surface area contributed by atoms with Crippen molar-refractivity contribution in [3.8, 4) is 0 Å². The summed E-state index contributed by atoms with van der Waals surface area (Å²) in [7, 11) is 0. The van der Waals surface area contributed by atoms with Crippen LogP contribution in [0, 0.1) is 0 Å². The lowest BCUT2D eigenvalue weighted by atomic mass is 9.92. The highest BCUT2D eigenvalue weighted by molar-refractivity contribution is 7.07. The van der Waals surface area contributed by atoms with Crippen LogP contribution in [0.1, 0.15) is 19.4 Å². The normalized spacial score (nSPS) is 12.9. The van der Waals surface area contributed by atoms with Gasteiger partial charge in [-0.1, -0.05) is 48.9 Å². The zero-order chi connectivity index (χ0) is 15.0. The van der Waals surface area contributed by atoms with Gasteiger partial charge in [-0.3, -0.25) is 5.32 Å². The topological polar surface area (TPSA) is 49.3 Å². The van der Waals surface area contributed by atoms with Crippen LogP contribution in [0.3, 0.4) is 0 Å². The highest BCUT2D eigenvalue weighted by atomic mass is 35.5. The molecule has 108 valence electrons. The van der Waals surface area contributed by atoms with Crippen molar-refractivity contribution in [2.45, 2.75) is 19.4 Å². The fourth-order valence-corrected chi connectivity index (χ4v) is 2.51. The molecule has 0 saturated carbocycles. The van der Waals surface area contributed by atoms with E-state index in [4.69, 9.17) is 11.6 Å². The van der Waals surface area contributed by atoms with Crippen LogP contribution in [-0.4, -0.2) is 17.6 Å². The number of nitrogens with one attached hydrogen (secondary N) is 1. The van der Waals surface area contributed by atoms with Crippen molar-refractivity contribution in [1.29, 1.82) is 0 Å². The molecule has 0 saturated heterocycles. The number of hydrogen-bond acceptors (Lipinski definition) is 3. The largest absolute Gasteiger partial charge is 0.480 e. The molecular weight excluding hydrogens is 294 g/mol. The zero-order valence-electron chi connectivity index (χ0n) is 11.5. The number of aliphatic carboxylic acids is 1. The highest BCUT2D eigenvalue weighted by Crippen LogP contribution is 2.27. The van der Waals surface area contributed by atoms with E-state index < -0.39 is 11.5 Å². The van der Waals surface area contributed by atoms with Gasteiger partial charge in [0.05, 0.1) is 0 Å². The summed E-state index contributed by atoms with van der Waals surface area (Å²) >= 11 is 7.70. The second-order valence-corrected chi connectivity index (χ2v) is 5.46. The number of halogens is 1. The number of carboxylic acids is 1. The van der Waals surface area contributed by atoms with Crippen molar-refractivity contribution in [2.75, 3.05) is 6.54 Å². The van der Waals surface area contributed by atoms with Gasteiger partial charge in [0.15, 0.2) is 0 Å². The molecule has 0 bridgehead atoms. The SMILES string of the molecule is CCN[C@](C)(C(=O)O)c1ccccc1Cl.c1ccsc1. The van der Waals surface area contributed by atoms with E-state index in [9.17, 15) is 9.90 Å². The van der Waals surface area contributed by atoms with Crippen LogP contribution in [-0.2, 0) is 10.3 Å². The Labute approximate surface area is 128 Å². The molecule has 0 radical (unpaired) electrons. The molecule has 0 spiro atoms. The number of thiophene rings is 1. The van der Waals surface area contributed by atoms with Gasteiger partial charge in [-0.15, -0.1) is 0 Å². The molecule has 1 heterocycles. The molecule has 1 atom stereocenters. The molecule has 20 heavy (non-hydrogen) atoms. The Morgan fingerprint density at radius 1 is 1.30 bits per heavy atom. The lowest BCUT2D eigenvalue weighted by molar-refractivity contribution is -0.144. The Morgan fingerprint density at radius 2 is 1.90 bits per heavy atom. The number of hydrogen-bond donors (Lipinski definition) is 2. The van der Waals surface area contributed by atoms with E-state index in [2.05, 4.69) is 5.32 Å². The van der Waals surface area contributed by atoms with Crippen molar-refractivity contribution >= 4 is 28.9 Å². The summed E-state index contributed by atoms with van der Waals surface area (Å²) in [5.74, 6) is -0.933. The molecule has 0 fully saturated rings. The first-order valence-electron chi connectivity index (χ1n) is 6.23. The van der Waals surface area contributed by atoms with Gasteiger partial charge in [0.2, 0.25) is 0 Å². The van der Waals surface area contributed by atoms with E-state index in [-0.39, 0.29) is 0 Å². The summed E-state index contributed by atoms with van der Waals surface area (Å²) in [6, 6.07) is 11.0. The van der Waals surface area contributed by atoms with Gasteiger partial charge in [0, 0.05) is 10.6 Å². The second-order valence-electron chi connectivity index (χ2n) is 4.23. The third-order valence-corrected chi connectivity index (χ3v) is 3.75. The van der Waals surface area contributed by atoms with E-state index in [0.717, 1.165) is 0 Å². The average Bonchev–Trinajstić information content (AvgIpc) is 2.98. The first-order valence-corrected chi connectivity index (χ1v) is 7.55. The lowest BCUT2D eigenvalue weighted by Crippen LogP contribution is -2.46. The number of rotatable bonds is 4. The first-order chi connectivity index (χ1) is 9.52. The summed E-state index contributed by atoms with van der Waals surface area (Å²) in [6.07, 6.45) is 0. The molecular formula is C15H18ClNO2S. The van der Waals surface area contributed by atoms with Gasteiger partial charge in [0.25, 0.3) is 0 Å². The van der Waals surface area contributed by atoms with Crippen molar-refractivity contribution in [3.63, 3.8) is 0 Å². The standard InChI is InChI=1S/C11H14ClNO2.C4H4S/c1-3-13-11(2,10(14)15)8-6-4-5-7-9(8)12;1-2-4-5-3-1/h4-7,13H,3H2,1-2H3,(H,14,15);1-4H/t11-;/m0./s1. The molecule has 3 nitrogen and oxygen atoms in total. The monoisotopic (exact) mass is 311 g/mol. The molecule has 1 aromatic carbocycles. The number of carbonyl (C=O) groups is 1. The molecule has 1 aromatic heterocycles. The maximum Gasteiger partial charge on any atom is 0.328 e. The van der Waals surface area contributed by atoms with Crippen molar-refractivity contribution in [2.24, 2.45) is 0 Å². The van der Waals surface area contributed by atoms with Gasteiger partial charge >= 0.3 is 5.97 Å². The van der Waals surface area contributed by atoms with Crippen LogP contribution in [0.15, 0.2) is 47.2 Å². The van der Waals surface area contributed by atoms with Crippen LogP contribution in [0.5, 0.6) is 0 Å². The minimum Gasteiger partial charge on any atom is -0.480 e. The Bertz CT molecular complexity index is 513. The number of benzene rings is 1. The summed E-state index contributed by atoms with van der Waals surface area (Å²) in [6.45, 7) is 4.03. The van der Waals surface area contributed by atoms with Crippen LogP contribution in [0.25, 0.3) is 0 Å². The van der Waals surface area contributed by atoms with Crippen LogP contribution in [0.4, 0.5) is 0 Å². The first kappa shape index (κ1) is 16.7. The summed E-state index contributed by atoms with van der Waals surface area (Å²) in [4.78, 5) is 11.2. The van der Waals surface area contributed by atoms with E-state index in [1.54, 1.807) is 42.5 Å². The molecule has 0 unspecified atom stereocenters. The van der Waals surface area contributed by atoms with E-state index in [1.165, 1.54) is 0 Å². The van der Waals surface area contributed by atoms with Crippen molar-refractivity contribution in [1.82, 2.24) is 5.32 Å². The zero-order valence-corrected chi connectivity index (χ0v) is 13.0. The van der Waals surface area contributed by atoms with Gasteiger partial charge in [-0.2, -0.15) is 11.3 Å². The van der Waals surface area contributed by atoms with Gasteiger partial charge < -0.3 is 5.11 Å². The third-order valence-electron chi connectivity index (χ3n) is 2.80. The van der Waals surface area contributed by atoms with Gasteiger partial charge in [-0.05, 0) is 30.3 Å². The fraction of sp³-hybridized carbons (Fsp3) is 0.267. The maximum atomic E-state index is 11.2. The van der Waals surface area contributed by atoms with E-state index in [1.807, 2.05) is 29.8 Å². The molecule has 0 amide bonds. The Hall–Kier alpha value is -1.36. The summed E-state index contributed by atoms with van der Waals surface area (Å²) in [5.41, 5.74) is -0.548.